The van der Waals surface area contributed by atoms with E-state index in [1.807, 2.05) is 17.8 Å². The molecule has 120 valence electrons. The number of nitrogens with one attached hydrogen (secondary N) is 1. The van der Waals surface area contributed by atoms with E-state index in [-0.39, 0.29) is 6.42 Å². The van der Waals surface area contributed by atoms with Crippen LogP contribution in [0.5, 0.6) is 0 Å². The van der Waals surface area contributed by atoms with E-state index in [9.17, 15) is 13.2 Å². The number of alkyl halides is 3. The molecule has 1 unspecified atom stereocenters. The van der Waals surface area contributed by atoms with Gasteiger partial charge in [0.1, 0.15) is 6.04 Å². The lowest BCUT2D eigenvalue weighted by molar-refractivity contribution is -0.155. The molecular weight excluding hydrogens is 279 g/mol. The summed E-state index contributed by atoms with van der Waals surface area (Å²) in [5.41, 5.74) is 0.520. The first-order valence-corrected chi connectivity index (χ1v) is 7.85. The van der Waals surface area contributed by atoms with Crippen LogP contribution in [0.1, 0.15) is 57.2 Å². The van der Waals surface area contributed by atoms with E-state index < -0.39 is 12.2 Å². The van der Waals surface area contributed by atoms with Gasteiger partial charge in [0, 0.05) is 12.6 Å². The molecule has 1 aromatic rings. The van der Waals surface area contributed by atoms with Crippen molar-refractivity contribution in [2.45, 2.75) is 70.1 Å². The SMILES string of the molecule is CCCNC(Cc1ccn(C2CCCCC2)n1)C(F)(F)F. The fraction of sp³-hybridized carbons (Fsp3) is 0.800. The average molecular weight is 303 g/mol. The number of aromatic nitrogens is 2. The molecule has 21 heavy (non-hydrogen) atoms. The van der Waals surface area contributed by atoms with Gasteiger partial charge in [-0.1, -0.05) is 26.2 Å². The Kier molecular flexibility index (Phi) is 5.67. The lowest BCUT2D eigenvalue weighted by atomic mass is 9.96. The lowest BCUT2D eigenvalue weighted by Gasteiger charge is -2.22. The van der Waals surface area contributed by atoms with Gasteiger partial charge in [-0.05, 0) is 31.9 Å². The van der Waals surface area contributed by atoms with Crippen molar-refractivity contribution in [3.8, 4) is 0 Å². The summed E-state index contributed by atoms with van der Waals surface area (Å²) in [6, 6.07) is 0.577. The largest absolute Gasteiger partial charge is 0.404 e. The number of halogens is 3. The molecule has 0 spiro atoms. The quantitative estimate of drug-likeness (QED) is 0.865. The van der Waals surface area contributed by atoms with Gasteiger partial charge < -0.3 is 5.32 Å². The first-order chi connectivity index (χ1) is 10.0. The first kappa shape index (κ1) is 16.3. The van der Waals surface area contributed by atoms with Crippen molar-refractivity contribution in [1.29, 1.82) is 0 Å². The molecule has 0 bridgehead atoms. The second-order valence-electron chi connectivity index (χ2n) is 5.83. The average Bonchev–Trinajstić information content (AvgIpc) is 2.92. The molecular formula is C15H24F3N3. The maximum Gasteiger partial charge on any atom is 0.404 e. The fourth-order valence-corrected chi connectivity index (χ4v) is 2.87. The van der Waals surface area contributed by atoms with E-state index in [0.717, 1.165) is 12.8 Å². The van der Waals surface area contributed by atoms with Crippen LogP contribution in [-0.4, -0.2) is 28.5 Å². The molecule has 1 atom stereocenters. The van der Waals surface area contributed by atoms with E-state index in [1.165, 1.54) is 19.3 Å². The number of hydrogen-bond donors (Lipinski definition) is 1. The summed E-state index contributed by atoms with van der Waals surface area (Å²) >= 11 is 0. The molecule has 1 fully saturated rings. The van der Waals surface area contributed by atoms with Crippen LogP contribution in [0.3, 0.4) is 0 Å². The minimum absolute atomic E-state index is 0.0940. The van der Waals surface area contributed by atoms with Gasteiger partial charge in [-0.25, -0.2) is 0 Å². The molecule has 0 aromatic carbocycles. The molecule has 0 saturated heterocycles. The van der Waals surface area contributed by atoms with Crippen LogP contribution >= 0.6 is 0 Å². The molecule has 1 saturated carbocycles. The first-order valence-electron chi connectivity index (χ1n) is 7.85. The van der Waals surface area contributed by atoms with Crippen LogP contribution in [0, 0.1) is 0 Å². The summed E-state index contributed by atoms with van der Waals surface area (Å²) in [6.07, 6.45) is 3.97. The predicted octanol–water partition coefficient (Wildman–Crippen LogP) is 3.86. The Bertz CT molecular complexity index is 422. The predicted molar refractivity (Wildman–Crippen MR) is 76.2 cm³/mol. The highest BCUT2D eigenvalue weighted by Crippen LogP contribution is 2.28. The highest BCUT2D eigenvalue weighted by atomic mass is 19.4. The van der Waals surface area contributed by atoms with Crippen molar-refractivity contribution in [2.75, 3.05) is 6.54 Å². The Morgan fingerprint density at radius 3 is 2.67 bits per heavy atom. The zero-order chi connectivity index (χ0) is 15.3. The molecule has 0 radical (unpaired) electrons. The fourth-order valence-electron chi connectivity index (χ4n) is 2.87. The normalized spacial score (nSPS) is 18.9. The van der Waals surface area contributed by atoms with E-state index in [2.05, 4.69) is 10.4 Å². The Balaban J connectivity index is 1.98. The molecule has 0 aliphatic heterocycles. The highest BCUT2D eigenvalue weighted by molar-refractivity contribution is 5.03. The Morgan fingerprint density at radius 1 is 1.33 bits per heavy atom. The zero-order valence-electron chi connectivity index (χ0n) is 12.5. The summed E-state index contributed by atoms with van der Waals surface area (Å²) in [7, 11) is 0. The highest BCUT2D eigenvalue weighted by Gasteiger charge is 2.39. The van der Waals surface area contributed by atoms with Gasteiger partial charge in [-0.15, -0.1) is 0 Å². The second-order valence-corrected chi connectivity index (χ2v) is 5.83. The van der Waals surface area contributed by atoms with Crippen molar-refractivity contribution >= 4 is 0 Å². The van der Waals surface area contributed by atoms with Gasteiger partial charge in [-0.3, -0.25) is 4.68 Å². The molecule has 1 aliphatic carbocycles. The minimum atomic E-state index is -4.23. The van der Waals surface area contributed by atoms with Crippen LogP contribution in [0.25, 0.3) is 0 Å². The van der Waals surface area contributed by atoms with Crippen molar-refractivity contribution in [1.82, 2.24) is 15.1 Å². The number of rotatable bonds is 6. The van der Waals surface area contributed by atoms with Crippen molar-refractivity contribution in [3.05, 3.63) is 18.0 Å². The van der Waals surface area contributed by atoms with Gasteiger partial charge in [0.25, 0.3) is 0 Å². The Hall–Kier alpha value is -1.04. The summed E-state index contributed by atoms with van der Waals surface area (Å²) in [5.74, 6) is 0. The van der Waals surface area contributed by atoms with Crippen LogP contribution in [0.15, 0.2) is 12.3 Å². The molecule has 1 aromatic heterocycles. The van der Waals surface area contributed by atoms with Gasteiger partial charge >= 0.3 is 6.18 Å². The zero-order valence-corrected chi connectivity index (χ0v) is 12.5. The third-order valence-corrected chi connectivity index (χ3v) is 4.06. The molecule has 2 rings (SSSR count). The van der Waals surface area contributed by atoms with E-state index in [4.69, 9.17) is 0 Å². The van der Waals surface area contributed by atoms with Crippen LogP contribution in [0.2, 0.25) is 0 Å². The second kappa shape index (κ2) is 7.29. The van der Waals surface area contributed by atoms with E-state index >= 15 is 0 Å². The maximum absolute atomic E-state index is 13.0. The van der Waals surface area contributed by atoms with Gasteiger partial charge in [-0.2, -0.15) is 18.3 Å². The Labute approximate surface area is 123 Å². The van der Waals surface area contributed by atoms with Gasteiger partial charge in [0.05, 0.1) is 11.7 Å². The van der Waals surface area contributed by atoms with E-state index in [0.29, 0.717) is 24.7 Å². The molecule has 6 heteroatoms. The smallest absolute Gasteiger partial charge is 0.306 e. The molecule has 0 amide bonds. The van der Waals surface area contributed by atoms with Crippen LogP contribution in [-0.2, 0) is 6.42 Å². The third kappa shape index (κ3) is 4.73. The molecule has 1 N–H and O–H groups in total. The molecule has 1 heterocycles. The van der Waals surface area contributed by atoms with Crippen molar-refractivity contribution < 1.29 is 13.2 Å². The number of nitrogens with zero attached hydrogens (tertiary/aromatic N) is 2. The summed E-state index contributed by atoms with van der Waals surface area (Å²) in [6.45, 7) is 2.23. The maximum atomic E-state index is 13.0. The monoisotopic (exact) mass is 303 g/mol. The number of hydrogen-bond acceptors (Lipinski definition) is 2. The van der Waals surface area contributed by atoms with E-state index in [1.54, 1.807) is 6.07 Å². The molecule has 1 aliphatic rings. The van der Waals surface area contributed by atoms with Gasteiger partial charge in [0.2, 0.25) is 0 Å². The summed E-state index contributed by atoms with van der Waals surface area (Å²) in [4.78, 5) is 0. The van der Waals surface area contributed by atoms with Crippen LogP contribution in [0.4, 0.5) is 13.2 Å². The third-order valence-electron chi connectivity index (χ3n) is 4.06. The van der Waals surface area contributed by atoms with Crippen molar-refractivity contribution in [3.63, 3.8) is 0 Å². The summed E-state index contributed by atoms with van der Waals surface area (Å²) in [5, 5.41) is 6.94. The topological polar surface area (TPSA) is 29.9 Å². The lowest BCUT2D eigenvalue weighted by Crippen LogP contribution is -2.44. The van der Waals surface area contributed by atoms with Gasteiger partial charge in [0.15, 0.2) is 0 Å². The molecule has 3 nitrogen and oxygen atoms in total. The standard InChI is InChI=1S/C15H24F3N3/c1-2-9-19-14(15(16,17)18)11-12-8-10-21(20-12)13-6-4-3-5-7-13/h8,10,13-14,19H,2-7,9,11H2,1H3. The Morgan fingerprint density at radius 2 is 2.05 bits per heavy atom. The summed E-state index contributed by atoms with van der Waals surface area (Å²) < 4.78 is 40.8. The van der Waals surface area contributed by atoms with Crippen molar-refractivity contribution in [2.24, 2.45) is 0 Å². The minimum Gasteiger partial charge on any atom is -0.306 e. The van der Waals surface area contributed by atoms with Crippen LogP contribution < -0.4 is 5.32 Å².